The topological polar surface area (TPSA) is 131 Å². The number of nitrogens with zero attached hydrogens (tertiary/aromatic N) is 2. The van der Waals surface area contributed by atoms with Crippen molar-refractivity contribution in [3.05, 3.63) is 113 Å². The molecule has 0 unspecified atom stereocenters. The minimum Gasteiger partial charge on any atom is -0.480 e. The first-order chi connectivity index (χ1) is 24.1. The van der Waals surface area contributed by atoms with E-state index in [4.69, 9.17) is 0 Å². The summed E-state index contributed by atoms with van der Waals surface area (Å²) in [6, 6.07) is 22.9. The maximum atomic E-state index is 13.2. The van der Waals surface area contributed by atoms with Gasteiger partial charge in [0.05, 0.1) is 4.88 Å². The van der Waals surface area contributed by atoms with E-state index in [9.17, 15) is 28.3 Å². The number of thiophene rings is 1. The summed E-state index contributed by atoms with van der Waals surface area (Å²) in [7, 11) is 0. The van der Waals surface area contributed by atoms with Gasteiger partial charge in [0.1, 0.15) is 17.8 Å². The van der Waals surface area contributed by atoms with Crippen molar-refractivity contribution in [2.75, 3.05) is 0 Å². The number of hydrogen-bond acceptors (Lipinski definition) is 7. The molecule has 0 spiro atoms. The molecule has 2 atom stereocenters. The zero-order valence-corrected chi connectivity index (χ0v) is 29.6. The van der Waals surface area contributed by atoms with Gasteiger partial charge in [-0.3, -0.25) is 14.4 Å². The third-order valence-corrected chi connectivity index (χ3v) is 9.44. The Labute approximate surface area is 298 Å². The molecule has 3 N–H and O–H groups in total. The highest BCUT2D eigenvalue weighted by Gasteiger charge is 2.27. The van der Waals surface area contributed by atoms with Crippen LogP contribution in [0.1, 0.15) is 54.7 Å². The van der Waals surface area contributed by atoms with Gasteiger partial charge >= 0.3 is 12.1 Å². The number of alkyl halides is 2. The van der Waals surface area contributed by atoms with Gasteiger partial charge in [0.2, 0.25) is 5.91 Å². The van der Waals surface area contributed by atoms with E-state index in [1.807, 2.05) is 54.6 Å². The molecule has 0 fully saturated rings. The summed E-state index contributed by atoms with van der Waals surface area (Å²) >= 11 is 1.35. The molecular formula is C39H38F2N4O5S. The molecule has 0 aliphatic heterocycles. The minimum absolute atomic E-state index is 0.0852. The fraction of sp³-hybridized carbons (Fsp3) is 0.256. The first-order valence-electron chi connectivity index (χ1n) is 16.2. The van der Waals surface area contributed by atoms with Crippen LogP contribution < -0.4 is 15.4 Å². The van der Waals surface area contributed by atoms with Gasteiger partial charge in [0, 0.05) is 41.7 Å². The smallest absolute Gasteiger partial charge is 0.394 e. The third kappa shape index (κ3) is 9.82. The van der Waals surface area contributed by atoms with Crippen LogP contribution in [0.2, 0.25) is 0 Å². The van der Waals surface area contributed by atoms with Gasteiger partial charge in [0.15, 0.2) is 5.82 Å². The van der Waals surface area contributed by atoms with Gasteiger partial charge in [-0.25, -0.2) is 9.97 Å². The highest BCUT2D eigenvalue weighted by Crippen LogP contribution is 2.30. The van der Waals surface area contributed by atoms with Crippen LogP contribution in [0, 0.1) is 0 Å². The van der Waals surface area contributed by atoms with E-state index in [0.717, 1.165) is 38.3 Å². The maximum Gasteiger partial charge on any atom is 0.394 e. The lowest BCUT2D eigenvalue weighted by atomic mass is 9.95. The van der Waals surface area contributed by atoms with E-state index < -0.39 is 36.0 Å². The largest absolute Gasteiger partial charge is 0.480 e. The quantitative estimate of drug-likeness (QED) is 0.121. The molecule has 51 heavy (non-hydrogen) atoms. The van der Waals surface area contributed by atoms with Crippen molar-refractivity contribution in [1.82, 2.24) is 20.6 Å². The molecule has 0 aliphatic rings. The lowest BCUT2D eigenvalue weighted by Gasteiger charge is -2.20. The van der Waals surface area contributed by atoms with Crippen LogP contribution >= 0.6 is 11.3 Å². The molecule has 264 valence electrons. The van der Waals surface area contributed by atoms with Gasteiger partial charge in [-0.05, 0) is 58.9 Å². The van der Waals surface area contributed by atoms with Crippen molar-refractivity contribution in [2.24, 2.45) is 0 Å². The Morgan fingerprint density at radius 1 is 0.765 bits per heavy atom. The minimum atomic E-state index is -3.25. The lowest BCUT2D eigenvalue weighted by molar-refractivity contribution is -0.159. The monoisotopic (exact) mass is 712 g/mol. The van der Waals surface area contributed by atoms with Gasteiger partial charge in [-0.2, -0.15) is 8.78 Å². The standard InChI is InChI=1S/C39H38F2N4O5S/c1-23(37(48)49)44-35(46)31(45-36(47)32-18-19-33(51-32)38(2,3)4)20-24-6-8-28(9-7-24)34-42-21-29(22-43-34)27-12-10-25(11-13-27)26-14-16-30(17-15-26)50-39(5,40)41/h6-19,21-23,31H,20H2,1-5H3,(H,44,46)(H,45,47)(H,48,49)/t23-,31+/m1/s1. The molecule has 0 aliphatic carbocycles. The molecule has 0 radical (unpaired) electrons. The summed E-state index contributed by atoms with van der Waals surface area (Å²) in [5, 5.41) is 14.6. The Morgan fingerprint density at radius 2 is 1.29 bits per heavy atom. The molecule has 2 amide bonds. The Morgan fingerprint density at radius 3 is 1.80 bits per heavy atom. The van der Waals surface area contributed by atoms with Crippen LogP contribution in [0.3, 0.4) is 0 Å². The second-order valence-corrected chi connectivity index (χ2v) is 14.3. The number of aliphatic carboxylic acids is 1. The predicted molar refractivity (Wildman–Crippen MR) is 193 cm³/mol. The van der Waals surface area contributed by atoms with E-state index in [0.29, 0.717) is 17.6 Å². The molecule has 2 heterocycles. The van der Waals surface area contributed by atoms with Crippen LogP contribution in [-0.2, 0) is 21.4 Å². The number of carbonyl (C=O) groups excluding carboxylic acids is 2. The summed E-state index contributed by atoms with van der Waals surface area (Å²) in [5.74, 6) is -1.62. The number of amides is 2. The van der Waals surface area contributed by atoms with E-state index in [1.54, 1.807) is 30.6 Å². The molecule has 5 rings (SSSR count). The fourth-order valence-corrected chi connectivity index (χ4v) is 6.07. The zero-order valence-electron chi connectivity index (χ0n) is 28.7. The molecule has 0 saturated heterocycles. The second kappa shape index (κ2) is 15.2. The number of carboxylic acid groups (broad SMARTS) is 1. The zero-order chi connectivity index (χ0) is 36.9. The first kappa shape index (κ1) is 36.8. The van der Waals surface area contributed by atoms with Gasteiger partial charge in [-0.15, -0.1) is 11.3 Å². The van der Waals surface area contributed by atoms with Crippen LogP contribution in [0.15, 0.2) is 97.3 Å². The fourth-order valence-electron chi connectivity index (χ4n) is 5.11. The van der Waals surface area contributed by atoms with E-state index in [2.05, 4.69) is 46.1 Å². The second-order valence-electron chi connectivity index (χ2n) is 13.2. The summed E-state index contributed by atoms with van der Waals surface area (Å²) in [6.07, 6.45) is 0.318. The molecule has 2 aromatic heterocycles. The van der Waals surface area contributed by atoms with E-state index >= 15 is 0 Å². The van der Waals surface area contributed by atoms with Crippen molar-refractivity contribution in [2.45, 2.75) is 64.6 Å². The van der Waals surface area contributed by atoms with Gasteiger partial charge < -0.3 is 20.5 Å². The number of aromatic nitrogens is 2. The van der Waals surface area contributed by atoms with Crippen LogP contribution in [-0.4, -0.2) is 51.1 Å². The molecule has 9 nitrogen and oxygen atoms in total. The number of nitrogens with one attached hydrogen (secondary N) is 2. The SMILES string of the molecule is C[C@@H](NC(=O)[C@H](Cc1ccc(-c2ncc(-c3ccc(-c4ccc(OC(C)(F)F)cc4)cc3)cn2)cc1)NC(=O)c1ccc(C(C)(C)C)s1)C(=O)O. The number of hydrogen-bond donors (Lipinski definition) is 3. The van der Waals surface area contributed by atoms with Crippen molar-refractivity contribution < 1.29 is 33.0 Å². The third-order valence-electron chi connectivity index (χ3n) is 7.93. The number of carbonyl (C=O) groups is 3. The van der Waals surface area contributed by atoms with Crippen LogP contribution in [0.25, 0.3) is 33.6 Å². The summed E-state index contributed by atoms with van der Waals surface area (Å²) in [5.41, 5.74) is 4.80. The van der Waals surface area contributed by atoms with Gasteiger partial charge in [-0.1, -0.05) is 81.4 Å². The predicted octanol–water partition coefficient (Wildman–Crippen LogP) is 7.76. The lowest BCUT2D eigenvalue weighted by Crippen LogP contribution is -2.51. The van der Waals surface area contributed by atoms with Crippen molar-refractivity contribution in [1.29, 1.82) is 0 Å². The first-order valence-corrected chi connectivity index (χ1v) is 17.0. The highest BCUT2D eigenvalue weighted by atomic mass is 32.1. The Bertz CT molecular complexity index is 1980. The summed E-state index contributed by atoms with van der Waals surface area (Å²) in [4.78, 5) is 48.3. The van der Waals surface area contributed by atoms with Gasteiger partial charge in [0.25, 0.3) is 5.91 Å². The number of ether oxygens (including phenoxy) is 1. The average Bonchev–Trinajstić information content (AvgIpc) is 3.60. The number of benzene rings is 3. The Hall–Kier alpha value is -5.49. The normalized spacial score (nSPS) is 12.8. The Kier molecular flexibility index (Phi) is 10.9. The van der Waals surface area contributed by atoms with E-state index in [1.165, 1.54) is 30.4 Å². The summed E-state index contributed by atoms with van der Waals surface area (Å²) < 4.78 is 30.9. The maximum absolute atomic E-state index is 13.2. The Balaban J connectivity index is 1.26. The van der Waals surface area contributed by atoms with Crippen molar-refractivity contribution in [3.8, 4) is 39.4 Å². The van der Waals surface area contributed by atoms with Crippen LogP contribution in [0.4, 0.5) is 8.78 Å². The van der Waals surface area contributed by atoms with Crippen molar-refractivity contribution in [3.63, 3.8) is 0 Å². The molecular weight excluding hydrogens is 675 g/mol. The molecule has 0 saturated carbocycles. The average molecular weight is 713 g/mol. The highest BCUT2D eigenvalue weighted by molar-refractivity contribution is 7.14. The molecule has 12 heteroatoms. The number of halogens is 2. The number of rotatable bonds is 12. The summed E-state index contributed by atoms with van der Waals surface area (Å²) in [6.45, 7) is 8.21. The molecule has 3 aromatic carbocycles. The number of carboxylic acids is 1. The molecule has 5 aromatic rings. The molecule has 0 bridgehead atoms. The van der Waals surface area contributed by atoms with Crippen molar-refractivity contribution >= 4 is 29.1 Å². The van der Waals surface area contributed by atoms with Crippen LogP contribution in [0.5, 0.6) is 5.75 Å². The van der Waals surface area contributed by atoms with E-state index in [-0.39, 0.29) is 17.6 Å².